The Balaban J connectivity index is 1.76. The minimum Gasteiger partial charge on any atom is -0.494 e. The fourth-order valence-corrected chi connectivity index (χ4v) is 2.29. The van der Waals surface area contributed by atoms with Gasteiger partial charge < -0.3 is 10.1 Å². The molecule has 0 saturated carbocycles. The van der Waals surface area contributed by atoms with Crippen molar-refractivity contribution in [2.24, 2.45) is 0 Å². The zero-order valence-electron chi connectivity index (χ0n) is 10.7. The summed E-state index contributed by atoms with van der Waals surface area (Å²) in [6.45, 7) is 1.53. The van der Waals surface area contributed by atoms with Crippen LogP contribution in [0.2, 0.25) is 0 Å². The monoisotopic (exact) mass is 273 g/mol. The van der Waals surface area contributed by atoms with E-state index in [0.717, 1.165) is 31.5 Å². The molecule has 0 radical (unpaired) electrons. The highest BCUT2D eigenvalue weighted by molar-refractivity contribution is 5.30. The van der Waals surface area contributed by atoms with Crippen molar-refractivity contribution >= 4 is 0 Å². The molecule has 2 rings (SSSR count). The molecule has 1 aliphatic heterocycles. The van der Waals surface area contributed by atoms with E-state index in [2.05, 4.69) is 5.32 Å². The summed E-state index contributed by atoms with van der Waals surface area (Å²) in [5.74, 6) is 0.286. The van der Waals surface area contributed by atoms with Gasteiger partial charge in [-0.3, -0.25) is 0 Å². The lowest BCUT2D eigenvalue weighted by atomic mass is 10.1. The highest BCUT2D eigenvalue weighted by Crippen LogP contribution is 2.31. The van der Waals surface area contributed by atoms with Gasteiger partial charge in [0, 0.05) is 6.04 Å². The Bertz CT molecular complexity index is 400. The average molecular weight is 273 g/mol. The molecule has 0 spiro atoms. The Morgan fingerprint density at radius 3 is 2.84 bits per heavy atom. The van der Waals surface area contributed by atoms with Crippen LogP contribution in [-0.2, 0) is 6.18 Å². The molecule has 1 aromatic rings. The van der Waals surface area contributed by atoms with Gasteiger partial charge in [0.05, 0.1) is 12.2 Å². The standard InChI is InChI=1S/C14H18F3NO/c15-14(16,17)11-4-1-7-13(10-11)19-9-3-6-12-5-2-8-18-12/h1,4,7,10,12,18H,2-3,5-6,8-9H2. The average Bonchev–Trinajstić information content (AvgIpc) is 2.87. The Hall–Kier alpha value is -1.23. The molecule has 106 valence electrons. The number of nitrogens with one attached hydrogen (secondary N) is 1. The topological polar surface area (TPSA) is 21.3 Å². The van der Waals surface area contributed by atoms with E-state index in [1.807, 2.05) is 0 Å². The van der Waals surface area contributed by atoms with Gasteiger partial charge in [0.2, 0.25) is 0 Å². The third-order valence-electron chi connectivity index (χ3n) is 3.29. The fourth-order valence-electron chi connectivity index (χ4n) is 2.29. The summed E-state index contributed by atoms with van der Waals surface area (Å²) >= 11 is 0. The van der Waals surface area contributed by atoms with Crippen LogP contribution in [0.1, 0.15) is 31.2 Å². The number of ether oxygens (including phenoxy) is 1. The first-order valence-corrected chi connectivity index (χ1v) is 6.59. The summed E-state index contributed by atoms with van der Waals surface area (Å²) in [6, 6.07) is 5.58. The number of alkyl halides is 3. The molecular weight excluding hydrogens is 255 g/mol. The highest BCUT2D eigenvalue weighted by atomic mass is 19.4. The van der Waals surface area contributed by atoms with Crippen LogP contribution in [0.4, 0.5) is 13.2 Å². The smallest absolute Gasteiger partial charge is 0.416 e. The minimum absolute atomic E-state index is 0.286. The van der Waals surface area contributed by atoms with Crippen LogP contribution in [0.5, 0.6) is 5.75 Å². The summed E-state index contributed by atoms with van der Waals surface area (Å²) in [5, 5.41) is 3.38. The Morgan fingerprint density at radius 1 is 1.32 bits per heavy atom. The first kappa shape index (κ1) is 14.2. The van der Waals surface area contributed by atoms with Crippen molar-refractivity contribution in [3.8, 4) is 5.75 Å². The molecule has 0 amide bonds. The predicted octanol–water partition coefficient (Wildman–Crippen LogP) is 3.62. The molecule has 0 bridgehead atoms. The Morgan fingerprint density at radius 2 is 2.16 bits per heavy atom. The second kappa shape index (κ2) is 6.28. The Kier molecular flexibility index (Phi) is 4.69. The maximum Gasteiger partial charge on any atom is 0.416 e. The van der Waals surface area contributed by atoms with Gasteiger partial charge in [0.25, 0.3) is 0 Å². The van der Waals surface area contributed by atoms with Crippen molar-refractivity contribution < 1.29 is 17.9 Å². The van der Waals surface area contributed by atoms with Crippen molar-refractivity contribution in [3.05, 3.63) is 29.8 Å². The number of halogens is 3. The lowest BCUT2D eigenvalue weighted by Crippen LogP contribution is -2.21. The van der Waals surface area contributed by atoms with Gasteiger partial charge in [-0.05, 0) is 50.4 Å². The van der Waals surface area contributed by atoms with Gasteiger partial charge in [-0.25, -0.2) is 0 Å². The summed E-state index contributed by atoms with van der Waals surface area (Å²) in [7, 11) is 0. The van der Waals surface area contributed by atoms with Crippen molar-refractivity contribution in [1.29, 1.82) is 0 Å². The number of benzene rings is 1. The third-order valence-corrected chi connectivity index (χ3v) is 3.29. The van der Waals surface area contributed by atoms with E-state index in [4.69, 9.17) is 4.74 Å². The van der Waals surface area contributed by atoms with E-state index >= 15 is 0 Å². The van der Waals surface area contributed by atoms with E-state index in [-0.39, 0.29) is 5.75 Å². The van der Waals surface area contributed by atoms with Crippen LogP contribution in [0.25, 0.3) is 0 Å². The van der Waals surface area contributed by atoms with Crippen molar-refractivity contribution in [2.45, 2.75) is 37.9 Å². The minimum atomic E-state index is -4.31. The largest absolute Gasteiger partial charge is 0.494 e. The summed E-state index contributed by atoms with van der Waals surface area (Å²) in [6.07, 6.45) is -0.0529. The van der Waals surface area contributed by atoms with Gasteiger partial charge in [-0.2, -0.15) is 13.2 Å². The molecule has 1 heterocycles. The van der Waals surface area contributed by atoms with Crippen molar-refractivity contribution in [1.82, 2.24) is 5.32 Å². The molecule has 5 heteroatoms. The summed E-state index contributed by atoms with van der Waals surface area (Å²) in [4.78, 5) is 0. The van der Waals surface area contributed by atoms with Crippen LogP contribution >= 0.6 is 0 Å². The van der Waals surface area contributed by atoms with E-state index < -0.39 is 11.7 Å². The Labute approximate surface area is 111 Å². The van der Waals surface area contributed by atoms with Crippen molar-refractivity contribution in [3.63, 3.8) is 0 Å². The molecule has 1 aromatic carbocycles. The molecule has 1 N–H and O–H groups in total. The van der Waals surface area contributed by atoms with Crippen LogP contribution in [0, 0.1) is 0 Å². The second-order valence-corrected chi connectivity index (χ2v) is 4.81. The quantitative estimate of drug-likeness (QED) is 0.827. The molecular formula is C14H18F3NO. The lowest BCUT2D eigenvalue weighted by molar-refractivity contribution is -0.137. The SMILES string of the molecule is FC(F)(F)c1cccc(OCCCC2CCCN2)c1. The van der Waals surface area contributed by atoms with Gasteiger partial charge in [-0.15, -0.1) is 0 Å². The van der Waals surface area contributed by atoms with Gasteiger partial charge in [0.15, 0.2) is 0 Å². The van der Waals surface area contributed by atoms with Gasteiger partial charge in [-0.1, -0.05) is 6.07 Å². The normalized spacial score (nSPS) is 19.6. The molecule has 0 aromatic heterocycles. The third kappa shape index (κ3) is 4.42. The number of rotatable bonds is 5. The van der Waals surface area contributed by atoms with Crippen molar-refractivity contribution in [2.75, 3.05) is 13.2 Å². The highest BCUT2D eigenvalue weighted by Gasteiger charge is 2.30. The molecule has 19 heavy (non-hydrogen) atoms. The predicted molar refractivity (Wildman–Crippen MR) is 67.2 cm³/mol. The van der Waals surface area contributed by atoms with E-state index in [1.54, 1.807) is 6.07 Å². The molecule has 1 fully saturated rings. The number of hydrogen-bond acceptors (Lipinski definition) is 2. The van der Waals surface area contributed by atoms with Gasteiger partial charge in [0.1, 0.15) is 5.75 Å². The lowest BCUT2D eigenvalue weighted by Gasteiger charge is -2.12. The zero-order chi connectivity index (χ0) is 13.7. The fraction of sp³-hybridized carbons (Fsp3) is 0.571. The maximum atomic E-state index is 12.5. The first-order chi connectivity index (χ1) is 9.05. The molecule has 2 nitrogen and oxygen atoms in total. The summed E-state index contributed by atoms with van der Waals surface area (Å²) < 4.78 is 42.9. The second-order valence-electron chi connectivity index (χ2n) is 4.81. The maximum absolute atomic E-state index is 12.5. The van der Waals surface area contributed by atoms with E-state index in [1.165, 1.54) is 18.9 Å². The van der Waals surface area contributed by atoms with Crippen LogP contribution in [0.15, 0.2) is 24.3 Å². The zero-order valence-corrected chi connectivity index (χ0v) is 10.7. The van der Waals surface area contributed by atoms with E-state index in [9.17, 15) is 13.2 Å². The molecule has 1 aliphatic rings. The molecule has 1 unspecified atom stereocenters. The molecule has 0 aliphatic carbocycles. The van der Waals surface area contributed by atoms with Gasteiger partial charge >= 0.3 is 6.18 Å². The summed E-state index contributed by atoms with van der Waals surface area (Å²) in [5.41, 5.74) is -0.664. The van der Waals surface area contributed by atoms with Crippen LogP contribution in [0.3, 0.4) is 0 Å². The molecule has 1 saturated heterocycles. The van der Waals surface area contributed by atoms with E-state index in [0.29, 0.717) is 12.6 Å². The molecule has 1 atom stereocenters. The first-order valence-electron chi connectivity index (χ1n) is 6.59. The van der Waals surface area contributed by atoms with Crippen LogP contribution in [-0.4, -0.2) is 19.2 Å². The number of hydrogen-bond donors (Lipinski definition) is 1. The van der Waals surface area contributed by atoms with Crippen LogP contribution < -0.4 is 10.1 Å².